The van der Waals surface area contributed by atoms with Gasteiger partial charge in [0.25, 0.3) is 5.91 Å². The van der Waals surface area contributed by atoms with Crippen LogP contribution in [0.1, 0.15) is 64.8 Å². The molecule has 1 aliphatic rings. The van der Waals surface area contributed by atoms with Crippen LogP contribution in [0.25, 0.3) is 10.9 Å². The quantitative estimate of drug-likeness (QED) is 0.673. The molecule has 2 N–H and O–H groups in total. The number of fused-ring (bicyclic) bond motifs is 3. The first kappa shape index (κ1) is 17.8. The molecule has 0 saturated heterocycles. The Labute approximate surface area is 159 Å². The Bertz CT molecular complexity index is 964. The molecule has 1 aliphatic carbocycles. The first-order valence-corrected chi connectivity index (χ1v) is 9.89. The van der Waals surface area contributed by atoms with E-state index in [0.717, 1.165) is 40.9 Å². The van der Waals surface area contributed by atoms with Gasteiger partial charge >= 0.3 is 0 Å². The molecular weight excluding hydrogens is 338 g/mol. The fourth-order valence-electron chi connectivity index (χ4n) is 4.25. The molecule has 0 saturated carbocycles. The number of para-hydroxylation sites is 1. The summed E-state index contributed by atoms with van der Waals surface area (Å²) < 4.78 is 5.23. The number of H-pyrrole nitrogens is 1. The molecule has 0 fully saturated rings. The number of hydrogen-bond acceptors (Lipinski definition) is 3. The van der Waals surface area contributed by atoms with Crippen LogP contribution in [0.3, 0.4) is 0 Å². The van der Waals surface area contributed by atoms with Crippen molar-refractivity contribution in [2.45, 2.75) is 65.3 Å². The van der Waals surface area contributed by atoms with Crippen molar-refractivity contribution < 1.29 is 9.32 Å². The van der Waals surface area contributed by atoms with Crippen molar-refractivity contribution in [3.63, 3.8) is 0 Å². The Hall–Kier alpha value is -2.56. The zero-order valence-corrected chi connectivity index (χ0v) is 16.3. The zero-order chi connectivity index (χ0) is 19.0. The molecule has 2 aromatic heterocycles. The second kappa shape index (κ2) is 7.22. The molecule has 0 bridgehead atoms. The smallest absolute Gasteiger partial charge is 0.253 e. The van der Waals surface area contributed by atoms with Gasteiger partial charge in [-0.3, -0.25) is 4.79 Å². The molecule has 1 aromatic carbocycles. The number of nitrogens with one attached hydrogen (secondary N) is 2. The first-order chi connectivity index (χ1) is 13.0. The van der Waals surface area contributed by atoms with E-state index in [4.69, 9.17) is 4.52 Å². The number of rotatable bonds is 4. The Morgan fingerprint density at radius 2 is 2.07 bits per heavy atom. The maximum Gasteiger partial charge on any atom is 0.253 e. The molecule has 5 nitrogen and oxygen atoms in total. The Balaban J connectivity index is 1.57. The van der Waals surface area contributed by atoms with Gasteiger partial charge in [0.1, 0.15) is 5.76 Å². The fourth-order valence-corrected chi connectivity index (χ4v) is 4.25. The van der Waals surface area contributed by atoms with Gasteiger partial charge in [0.05, 0.1) is 16.8 Å². The summed E-state index contributed by atoms with van der Waals surface area (Å²) in [5.41, 5.74) is 6.39. The van der Waals surface area contributed by atoms with E-state index in [1.165, 1.54) is 35.9 Å². The first-order valence-electron chi connectivity index (χ1n) is 9.89. The maximum absolute atomic E-state index is 13.0. The predicted molar refractivity (Wildman–Crippen MR) is 106 cm³/mol. The van der Waals surface area contributed by atoms with Crippen molar-refractivity contribution in [1.82, 2.24) is 15.5 Å². The fraction of sp³-hybridized carbons (Fsp3) is 0.455. The van der Waals surface area contributed by atoms with Gasteiger partial charge in [-0.25, -0.2) is 0 Å². The van der Waals surface area contributed by atoms with Gasteiger partial charge in [-0.15, -0.1) is 0 Å². The number of carbonyl (C=O) groups is 1. The minimum Gasteiger partial charge on any atom is -0.361 e. The molecule has 3 aromatic rings. The molecular formula is C22H27N3O2. The maximum atomic E-state index is 13.0. The SMILES string of the molecule is Cc1noc(C)c1C[C@H](C)NC(=O)c1cccc2c3c([nH]c12)CCCCC3. The largest absolute Gasteiger partial charge is 0.361 e. The molecule has 4 rings (SSSR count). The molecule has 27 heavy (non-hydrogen) atoms. The van der Waals surface area contributed by atoms with Gasteiger partial charge in [-0.05, 0) is 64.5 Å². The Kier molecular flexibility index (Phi) is 4.77. The van der Waals surface area contributed by atoms with Gasteiger partial charge in [0, 0.05) is 22.7 Å². The van der Waals surface area contributed by atoms with Crippen molar-refractivity contribution in [1.29, 1.82) is 0 Å². The molecule has 0 radical (unpaired) electrons. The lowest BCUT2D eigenvalue weighted by Gasteiger charge is -2.14. The number of aromatic amines is 1. The van der Waals surface area contributed by atoms with E-state index in [0.29, 0.717) is 6.42 Å². The summed E-state index contributed by atoms with van der Waals surface area (Å²) in [6, 6.07) is 6.04. The summed E-state index contributed by atoms with van der Waals surface area (Å²) in [4.78, 5) is 16.5. The van der Waals surface area contributed by atoms with E-state index in [-0.39, 0.29) is 11.9 Å². The van der Waals surface area contributed by atoms with Crippen LogP contribution >= 0.6 is 0 Å². The van der Waals surface area contributed by atoms with Crippen LogP contribution in [-0.2, 0) is 19.3 Å². The molecule has 142 valence electrons. The highest BCUT2D eigenvalue weighted by Crippen LogP contribution is 2.30. The molecule has 0 aliphatic heterocycles. The normalized spacial score (nSPS) is 15.4. The van der Waals surface area contributed by atoms with Crippen LogP contribution in [-0.4, -0.2) is 22.1 Å². The standard InChI is InChI=1S/C22H27N3O2/c1-13(12-19-14(2)25-27-15(19)3)23-22(26)18-10-7-9-17-16-8-5-4-6-11-20(16)24-21(17)18/h7,9-10,13,24H,4-6,8,11-12H2,1-3H3,(H,23,26)/t13-/m0/s1. The van der Waals surface area contributed by atoms with Crippen LogP contribution in [0.4, 0.5) is 0 Å². The Morgan fingerprint density at radius 1 is 1.26 bits per heavy atom. The second-order valence-corrected chi connectivity index (χ2v) is 7.75. The average molecular weight is 365 g/mol. The summed E-state index contributed by atoms with van der Waals surface area (Å²) in [5, 5.41) is 8.35. The van der Waals surface area contributed by atoms with E-state index in [2.05, 4.69) is 21.5 Å². The summed E-state index contributed by atoms with van der Waals surface area (Å²) in [6.07, 6.45) is 6.62. The van der Waals surface area contributed by atoms with Crippen LogP contribution in [0.2, 0.25) is 0 Å². The molecule has 1 amide bonds. The third-order valence-corrected chi connectivity index (χ3v) is 5.70. The van der Waals surface area contributed by atoms with E-state index in [9.17, 15) is 4.79 Å². The molecule has 1 atom stereocenters. The van der Waals surface area contributed by atoms with E-state index < -0.39 is 0 Å². The summed E-state index contributed by atoms with van der Waals surface area (Å²) in [5.74, 6) is 0.792. The topological polar surface area (TPSA) is 70.9 Å². The third kappa shape index (κ3) is 3.38. The number of aryl methyl sites for hydroxylation is 4. The van der Waals surface area contributed by atoms with Crippen LogP contribution in [0.15, 0.2) is 22.7 Å². The highest BCUT2D eigenvalue weighted by Gasteiger charge is 2.20. The molecule has 0 spiro atoms. The molecule has 0 unspecified atom stereocenters. The Morgan fingerprint density at radius 3 is 2.85 bits per heavy atom. The van der Waals surface area contributed by atoms with Crippen LogP contribution in [0.5, 0.6) is 0 Å². The lowest BCUT2D eigenvalue weighted by molar-refractivity contribution is 0.0941. The van der Waals surface area contributed by atoms with Gasteiger partial charge in [0.15, 0.2) is 0 Å². The van der Waals surface area contributed by atoms with Crippen LogP contribution in [0, 0.1) is 13.8 Å². The lowest BCUT2D eigenvalue weighted by Crippen LogP contribution is -2.34. The van der Waals surface area contributed by atoms with Crippen molar-refractivity contribution in [2.24, 2.45) is 0 Å². The van der Waals surface area contributed by atoms with Crippen LogP contribution < -0.4 is 5.32 Å². The second-order valence-electron chi connectivity index (χ2n) is 7.75. The van der Waals surface area contributed by atoms with E-state index in [1.807, 2.05) is 32.9 Å². The summed E-state index contributed by atoms with van der Waals surface area (Å²) in [7, 11) is 0. The molecule has 5 heteroatoms. The third-order valence-electron chi connectivity index (χ3n) is 5.70. The number of aromatic nitrogens is 2. The number of carbonyl (C=O) groups excluding carboxylic acids is 1. The van der Waals surface area contributed by atoms with Crippen molar-refractivity contribution in [3.05, 3.63) is 52.0 Å². The minimum absolute atomic E-state index is 0.00246. The number of benzene rings is 1. The summed E-state index contributed by atoms with van der Waals surface area (Å²) in [6.45, 7) is 5.87. The number of amides is 1. The summed E-state index contributed by atoms with van der Waals surface area (Å²) >= 11 is 0. The number of hydrogen-bond donors (Lipinski definition) is 2. The lowest BCUT2D eigenvalue weighted by atomic mass is 10.0. The van der Waals surface area contributed by atoms with E-state index in [1.54, 1.807) is 0 Å². The van der Waals surface area contributed by atoms with Crippen molar-refractivity contribution in [3.8, 4) is 0 Å². The van der Waals surface area contributed by atoms with Gasteiger partial charge < -0.3 is 14.8 Å². The monoisotopic (exact) mass is 365 g/mol. The predicted octanol–water partition coefficient (Wildman–Crippen LogP) is 4.40. The highest BCUT2D eigenvalue weighted by molar-refractivity contribution is 6.06. The van der Waals surface area contributed by atoms with E-state index >= 15 is 0 Å². The van der Waals surface area contributed by atoms with Crippen molar-refractivity contribution >= 4 is 16.8 Å². The van der Waals surface area contributed by atoms with Gasteiger partial charge in [-0.2, -0.15) is 0 Å². The zero-order valence-electron chi connectivity index (χ0n) is 16.3. The average Bonchev–Trinajstić information content (AvgIpc) is 3.05. The van der Waals surface area contributed by atoms with Gasteiger partial charge in [0.2, 0.25) is 0 Å². The number of nitrogens with zero attached hydrogens (tertiary/aromatic N) is 1. The highest BCUT2D eigenvalue weighted by atomic mass is 16.5. The van der Waals surface area contributed by atoms with Gasteiger partial charge in [-0.1, -0.05) is 23.7 Å². The minimum atomic E-state index is -0.0312. The van der Waals surface area contributed by atoms with Crippen molar-refractivity contribution in [2.75, 3.05) is 0 Å². The molecule has 2 heterocycles.